The van der Waals surface area contributed by atoms with Crippen LogP contribution in [0.3, 0.4) is 0 Å². The fourth-order valence-corrected chi connectivity index (χ4v) is 2.31. The molecule has 0 aromatic heterocycles. The van der Waals surface area contributed by atoms with E-state index in [1.165, 1.54) is 33.5 Å². The van der Waals surface area contributed by atoms with Crippen LogP contribution in [0.1, 0.15) is 15.9 Å². The van der Waals surface area contributed by atoms with Gasteiger partial charge in [-0.3, -0.25) is 5.43 Å². The van der Waals surface area contributed by atoms with Gasteiger partial charge in [-0.1, -0.05) is 11.6 Å². The van der Waals surface area contributed by atoms with Crippen molar-refractivity contribution in [3.05, 3.63) is 46.5 Å². The number of hydrazone groups is 1. The van der Waals surface area contributed by atoms with Gasteiger partial charge in [-0.15, -0.1) is 0 Å². The van der Waals surface area contributed by atoms with Crippen molar-refractivity contribution < 1.29 is 24.1 Å². The first-order valence-electron chi connectivity index (χ1n) is 7.12. The lowest BCUT2D eigenvalue weighted by atomic mass is 10.2. The summed E-state index contributed by atoms with van der Waals surface area (Å²) in [6, 6.07) is 7.98. The maximum atomic E-state index is 11.1. The van der Waals surface area contributed by atoms with Gasteiger partial charge in [0.05, 0.1) is 43.8 Å². The van der Waals surface area contributed by atoms with Crippen LogP contribution in [-0.4, -0.2) is 38.6 Å². The fraction of sp³-hybridized carbons (Fsp3) is 0.176. The lowest BCUT2D eigenvalue weighted by molar-refractivity contribution is 0.0697. The van der Waals surface area contributed by atoms with Gasteiger partial charge in [0, 0.05) is 5.56 Å². The van der Waals surface area contributed by atoms with Crippen LogP contribution in [0.4, 0.5) is 5.69 Å². The topological polar surface area (TPSA) is 89.4 Å². The van der Waals surface area contributed by atoms with Gasteiger partial charge in [0.1, 0.15) is 0 Å². The lowest BCUT2D eigenvalue weighted by Crippen LogP contribution is -2.00. The highest BCUT2D eigenvalue weighted by Crippen LogP contribution is 2.37. The minimum atomic E-state index is -1.11. The molecule has 25 heavy (non-hydrogen) atoms. The molecule has 0 aliphatic heterocycles. The van der Waals surface area contributed by atoms with E-state index in [1.54, 1.807) is 24.4 Å². The van der Waals surface area contributed by atoms with E-state index in [4.69, 9.17) is 30.9 Å². The molecule has 0 aliphatic carbocycles. The summed E-state index contributed by atoms with van der Waals surface area (Å²) in [5, 5.41) is 13.3. The molecule has 0 saturated heterocycles. The first-order valence-corrected chi connectivity index (χ1v) is 7.50. The zero-order valence-corrected chi connectivity index (χ0v) is 14.6. The molecule has 0 atom stereocenters. The zero-order valence-electron chi connectivity index (χ0n) is 13.9. The monoisotopic (exact) mass is 364 g/mol. The van der Waals surface area contributed by atoms with Crippen molar-refractivity contribution in [2.75, 3.05) is 26.8 Å². The highest BCUT2D eigenvalue weighted by molar-refractivity contribution is 6.33. The first kappa shape index (κ1) is 18.4. The third-order valence-corrected chi connectivity index (χ3v) is 3.62. The molecule has 0 radical (unpaired) electrons. The number of methoxy groups -OCH3 is 3. The van der Waals surface area contributed by atoms with Crippen molar-refractivity contribution in [3.63, 3.8) is 0 Å². The van der Waals surface area contributed by atoms with Crippen LogP contribution in [0, 0.1) is 0 Å². The molecule has 7 nitrogen and oxygen atoms in total. The molecular weight excluding hydrogens is 348 g/mol. The summed E-state index contributed by atoms with van der Waals surface area (Å²) in [6.45, 7) is 0. The molecule has 0 amide bonds. The van der Waals surface area contributed by atoms with Crippen molar-refractivity contribution in [2.24, 2.45) is 5.10 Å². The average Bonchev–Trinajstić information content (AvgIpc) is 2.61. The van der Waals surface area contributed by atoms with Gasteiger partial charge < -0.3 is 19.3 Å². The van der Waals surface area contributed by atoms with Crippen LogP contribution >= 0.6 is 11.6 Å². The first-order chi connectivity index (χ1) is 12.0. The van der Waals surface area contributed by atoms with Crippen molar-refractivity contribution in [3.8, 4) is 17.2 Å². The molecule has 0 unspecified atom stereocenters. The summed E-state index contributed by atoms with van der Waals surface area (Å²) in [6.07, 6.45) is 1.54. The quantitative estimate of drug-likeness (QED) is 0.577. The van der Waals surface area contributed by atoms with Crippen LogP contribution in [0.15, 0.2) is 35.4 Å². The summed E-state index contributed by atoms with van der Waals surface area (Å²) >= 11 is 5.83. The minimum absolute atomic E-state index is 0.00495. The number of carbonyl (C=O) groups is 1. The number of aromatic carboxylic acids is 1. The lowest BCUT2D eigenvalue weighted by Gasteiger charge is -2.12. The standard InChI is InChI=1S/C17H17ClN2O5/c1-23-14-6-10(7-15(24-2)16(14)25-3)9-19-20-11-4-5-13(18)12(8-11)17(21)22/h4-9,20H,1-3H3,(H,21,22). The van der Waals surface area contributed by atoms with Crippen LogP contribution in [0.2, 0.25) is 5.02 Å². The third kappa shape index (κ3) is 4.33. The predicted molar refractivity (Wildman–Crippen MR) is 95.7 cm³/mol. The molecule has 2 rings (SSSR count). The third-order valence-electron chi connectivity index (χ3n) is 3.29. The molecule has 2 aromatic carbocycles. The number of anilines is 1. The van der Waals surface area contributed by atoms with Gasteiger partial charge in [0.15, 0.2) is 11.5 Å². The Labute approximate surface area is 149 Å². The number of nitrogens with zero attached hydrogens (tertiary/aromatic N) is 1. The van der Waals surface area contributed by atoms with Crippen molar-refractivity contribution in [1.82, 2.24) is 0 Å². The molecule has 2 N–H and O–H groups in total. The SMILES string of the molecule is COc1cc(C=NNc2ccc(Cl)c(C(=O)O)c2)cc(OC)c1OC. The Kier molecular flexibility index (Phi) is 6.08. The summed E-state index contributed by atoms with van der Waals surface area (Å²) in [7, 11) is 4.57. The Balaban J connectivity index is 2.22. The number of carboxylic acids is 1. The molecule has 0 bridgehead atoms. The number of rotatable bonds is 7. The second kappa shape index (κ2) is 8.25. The number of hydrogen-bond acceptors (Lipinski definition) is 6. The highest BCUT2D eigenvalue weighted by atomic mass is 35.5. The fourth-order valence-electron chi connectivity index (χ4n) is 2.12. The van der Waals surface area contributed by atoms with E-state index in [9.17, 15) is 4.79 Å². The Morgan fingerprint density at radius 1 is 1.12 bits per heavy atom. The van der Waals surface area contributed by atoms with Gasteiger partial charge in [-0.05, 0) is 30.3 Å². The number of nitrogens with one attached hydrogen (secondary N) is 1. The summed E-state index contributed by atoms with van der Waals surface area (Å²) < 4.78 is 15.8. The second-order valence-corrected chi connectivity index (χ2v) is 5.24. The van der Waals surface area contributed by atoms with E-state index in [0.29, 0.717) is 28.5 Å². The molecule has 0 spiro atoms. The average molecular weight is 365 g/mol. The van der Waals surface area contributed by atoms with E-state index in [2.05, 4.69) is 10.5 Å². The minimum Gasteiger partial charge on any atom is -0.493 e. The van der Waals surface area contributed by atoms with Crippen molar-refractivity contribution in [1.29, 1.82) is 0 Å². The van der Waals surface area contributed by atoms with Gasteiger partial charge in [0.2, 0.25) is 5.75 Å². The predicted octanol–water partition coefficient (Wildman–Crippen LogP) is 3.51. The number of halogens is 1. The molecule has 0 aliphatic rings. The Morgan fingerprint density at radius 2 is 1.76 bits per heavy atom. The Bertz CT molecular complexity index is 783. The van der Waals surface area contributed by atoms with E-state index >= 15 is 0 Å². The van der Waals surface area contributed by atoms with Crippen LogP contribution in [-0.2, 0) is 0 Å². The van der Waals surface area contributed by atoms with Crippen LogP contribution in [0.25, 0.3) is 0 Å². The van der Waals surface area contributed by atoms with Gasteiger partial charge in [0.25, 0.3) is 0 Å². The highest BCUT2D eigenvalue weighted by Gasteiger charge is 2.12. The molecular formula is C17H17ClN2O5. The van der Waals surface area contributed by atoms with Crippen LogP contribution in [0.5, 0.6) is 17.2 Å². The molecule has 132 valence electrons. The number of ether oxygens (including phenoxy) is 3. The maximum Gasteiger partial charge on any atom is 0.337 e. The Hall–Kier alpha value is -2.93. The molecule has 2 aromatic rings. The maximum absolute atomic E-state index is 11.1. The van der Waals surface area contributed by atoms with Crippen molar-refractivity contribution in [2.45, 2.75) is 0 Å². The normalized spacial score (nSPS) is 10.6. The smallest absolute Gasteiger partial charge is 0.337 e. The Morgan fingerprint density at radius 3 is 2.28 bits per heavy atom. The van der Waals surface area contributed by atoms with Gasteiger partial charge >= 0.3 is 5.97 Å². The van der Waals surface area contributed by atoms with Gasteiger partial charge in [-0.25, -0.2) is 4.79 Å². The van der Waals surface area contributed by atoms with Crippen molar-refractivity contribution >= 4 is 29.5 Å². The summed E-state index contributed by atoms with van der Waals surface area (Å²) in [5.74, 6) is 0.382. The largest absolute Gasteiger partial charge is 0.493 e. The van der Waals surface area contributed by atoms with E-state index in [1.807, 2.05) is 0 Å². The number of benzene rings is 2. The molecule has 0 fully saturated rings. The molecule has 0 saturated carbocycles. The summed E-state index contributed by atoms with van der Waals surface area (Å²) in [5.41, 5.74) is 3.94. The number of hydrogen-bond donors (Lipinski definition) is 2. The van der Waals surface area contributed by atoms with E-state index < -0.39 is 5.97 Å². The summed E-state index contributed by atoms with van der Waals surface area (Å²) in [4.78, 5) is 11.1. The van der Waals surface area contributed by atoms with Gasteiger partial charge in [-0.2, -0.15) is 5.10 Å². The molecule has 8 heteroatoms. The second-order valence-electron chi connectivity index (χ2n) is 4.83. The zero-order chi connectivity index (χ0) is 18.4. The molecule has 0 heterocycles. The van der Waals surface area contributed by atoms with E-state index in [0.717, 1.165) is 0 Å². The number of carboxylic acid groups (broad SMARTS) is 1. The van der Waals surface area contributed by atoms with E-state index in [-0.39, 0.29) is 10.6 Å². The van der Waals surface area contributed by atoms with Crippen LogP contribution < -0.4 is 19.6 Å².